The number of carbonyl (C=O) groups is 2. The van der Waals surface area contributed by atoms with Gasteiger partial charge in [0.25, 0.3) is 0 Å². The van der Waals surface area contributed by atoms with Crippen LogP contribution in [-0.4, -0.2) is 31.1 Å². The third-order valence-corrected chi connectivity index (χ3v) is 5.75. The van der Waals surface area contributed by atoms with Crippen LogP contribution < -0.4 is 10.6 Å². The lowest BCUT2D eigenvalue weighted by molar-refractivity contribution is -0.128. The number of hydrogen-bond acceptors (Lipinski definition) is 3. The highest BCUT2D eigenvalue weighted by Crippen LogP contribution is 2.31. The minimum Gasteiger partial charge on any atom is -0.376 e. The second-order valence-electron chi connectivity index (χ2n) is 7.04. The molecule has 2 fully saturated rings. The number of rotatable bonds is 5. The van der Waals surface area contributed by atoms with Crippen LogP contribution >= 0.6 is 23.2 Å². The Bertz CT molecular complexity index is 654. The van der Waals surface area contributed by atoms with Gasteiger partial charge in [-0.3, -0.25) is 9.59 Å². The molecule has 0 spiro atoms. The first-order valence-electron chi connectivity index (χ1n) is 9.18. The molecule has 7 heteroatoms. The predicted octanol–water partition coefficient (Wildman–Crippen LogP) is 4.03. The molecule has 0 radical (unpaired) electrons. The van der Waals surface area contributed by atoms with Crippen LogP contribution in [-0.2, 0) is 14.3 Å². The second kappa shape index (κ2) is 9.07. The molecule has 3 rings (SSSR count). The van der Waals surface area contributed by atoms with Crippen molar-refractivity contribution in [1.29, 1.82) is 0 Å². The summed E-state index contributed by atoms with van der Waals surface area (Å²) in [6, 6.07) is 4.99. The molecule has 1 aliphatic carbocycles. The van der Waals surface area contributed by atoms with Crippen LogP contribution in [0.5, 0.6) is 0 Å². The normalized spacial score (nSPS) is 25.7. The molecule has 26 heavy (non-hydrogen) atoms. The molecular formula is C19H24Cl2N2O3. The van der Waals surface area contributed by atoms with Gasteiger partial charge in [-0.25, -0.2) is 0 Å². The van der Waals surface area contributed by atoms with Gasteiger partial charge in [0.05, 0.1) is 16.8 Å². The number of hydrogen-bond donors (Lipinski definition) is 2. The van der Waals surface area contributed by atoms with Crippen LogP contribution in [0, 0.1) is 11.8 Å². The first-order valence-corrected chi connectivity index (χ1v) is 9.93. The molecule has 1 aliphatic heterocycles. The zero-order chi connectivity index (χ0) is 18.5. The van der Waals surface area contributed by atoms with Crippen molar-refractivity contribution in [1.82, 2.24) is 5.32 Å². The Morgan fingerprint density at radius 2 is 1.73 bits per heavy atom. The van der Waals surface area contributed by atoms with Gasteiger partial charge in [0.1, 0.15) is 0 Å². The van der Waals surface area contributed by atoms with Crippen molar-refractivity contribution in [2.75, 3.05) is 18.5 Å². The lowest BCUT2D eigenvalue weighted by atomic mass is 9.81. The monoisotopic (exact) mass is 398 g/mol. The number of amides is 2. The molecule has 1 aromatic rings. The Hall–Kier alpha value is -1.30. The van der Waals surface area contributed by atoms with Crippen molar-refractivity contribution in [2.24, 2.45) is 11.8 Å². The summed E-state index contributed by atoms with van der Waals surface area (Å²) in [5.41, 5.74) is 0.528. The first kappa shape index (κ1) is 19.5. The lowest BCUT2D eigenvalue weighted by Gasteiger charge is -2.27. The maximum atomic E-state index is 12.5. The van der Waals surface area contributed by atoms with E-state index < -0.39 is 0 Å². The Morgan fingerprint density at radius 3 is 2.38 bits per heavy atom. The van der Waals surface area contributed by atoms with Gasteiger partial charge >= 0.3 is 0 Å². The van der Waals surface area contributed by atoms with Gasteiger partial charge in [-0.2, -0.15) is 0 Å². The molecule has 1 unspecified atom stereocenters. The average molecular weight is 399 g/mol. The van der Waals surface area contributed by atoms with Crippen LogP contribution in [0.1, 0.15) is 38.5 Å². The van der Waals surface area contributed by atoms with E-state index >= 15 is 0 Å². The molecule has 0 bridgehead atoms. The maximum absolute atomic E-state index is 12.5. The second-order valence-corrected chi connectivity index (χ2v) is 7.89. The van der Waals surface area contributed by atoms with Gasteiger partial charge in [0.15, 0.2) is 0 Å². The molecule has 1 heterocycles. The zero-order valence-corrected chi connectivity index (χ0v) is 16.1. The molecule has 2 N–H and O–H groups in total. The Morgan fingerprint density at radius 1 is 1.04 bits per heavy atom. The maximum Gasteiger partial charge on any atom is 0.227 e. The Kier molecular flexibility index (Phi) is 6.79. The minimum absolute atomic E-state index is 0.0183. The quantitative estimate of drug-likeness (QED) is 0.786. The van der Waals surface area contributed by atoms with Crippen molar-refractivity contribution < 1.29 is 14.3 Å². The van der Waals surface area contributed by atoms with E-state index in [0.717, 1.165) is 32.3 Å². The summed E-state index contributed by atoms with van der Waals surface area (Å²) < 4.78 is 5.53. The third kappa shape index (κ3) is 5.12. The molecule has 1 saturated carbocycles. The summed E-state index contributed by atoms with van der Waals surface area (Å²) in [4.78, 5) is 24.8. The van der Waals surface area contributed by atoms with E-state index in [9.17, 15) is 9.59 Å². The molecule has 1 aromatic carbocycles. The van der Waals surface area contributed by atoms with E-state index in [0.29, 0.717) is 35.1 Å². The van der Waals surface area contributed by atoms with Crippen LogP contribution in [0.2, 0.25) is 10.0 Å². The number of anilines is 1. The van der Waals surface area contributed by atoms with Crippen molar-refractivity contribution in [2.45, 2.75) is 44.6 Å². The molecule has 1 saturated heterocycles. The summed E-state index contributed by atoms with van der Waals surface area (Å²) >= 11 is 12.0. The van der Waals surface area contributed by atoms with Crippen LogP contribution in [0.25, 0.3) is 0 Å². The highest BCUT2D eigenvalue weighted by molar-refractivity contribution is 6.35. The van der Waals surface area contributed by atoms with Crippen molar-refractivity contribution in [3.63, 3.8) is 0 Å². The highest BCUT2D eigenvalue weighted by Gasteiger charge is 2.30. The minimum atomic E-state index is -0.104. The van der Waals surface area contributed by atoms with Gasteiger partial charge in [-0.15, -0.1) is 0 Å². The van der Waals surface area contributed by atoms with Crippen LogP contribution in [0.15, 0.2) is 18.2 Å². The molecular weight excluding hydrogens is 375 g/mol. The van der Waals surface area contributed by atoms with Crippen molar-refractivity contribution in [3.05, 3.63) is 28.2 Å². The fourth-order valence-corrected chi connectivity index (χ4v) is 3.95. The third-order valence-electron chi connectivity index (χ3n) is 5.18. The molecule has 0 aromatic heterocycles. The molecule has 1 atom stereocenters. The van der Waals surface area contributed by atoms with E-state index in [1.54, 1.807) is 18.2 Å². The fourth-order valence-electron chi connectivity index (χ4n) is 3.61. The molecule has 142 valence electrons. The summed E-state index contributed by atoms with van der Waals surface area (Å²) in [7, 11) is 0. The lowest BCUT2D eigenvalue weighted by Crippen LogP contribution is -2.38. The number of nitrogens with one attached hydrogen (secondary N) is 2. The highest BCUT2D eigenvalue weighted by atomic mass is 35.5. The SMILES string of the molecule is O=C(NCC1CCCO1)C1CCC(C(=O)Nc2cc(Cl)ccc2Cl)CC1. The Labute approximate surface area is 163 Å². The zero-order valence-electron chi connectivity index (χ0n) is 14.6. The number of ether oxygens (including phenoxy) is 1. The number of benzene rings is 1. The molecule has 5 nitrogen and oxygen atoms in total. The van der Waals surface area contributed by atoms with Gasteiger partial charge in [-0.05, 0) is 56.7 Å². The molecule has 2 aliphatic rings. The topological polar surface area (TPSA) is 67.4 Å². The smallest absolute Gasteiger partial charge is 0.227 e. The van der Waals surface area contributed by atoms with Crippen LogP contribution in [0.3, 0.4) is 0 Å². The number of halogens is 2. The summed E-state index contributed by atoms with van der Waals surface area (Å²) in [5, 5.41) is 6.84. The average Bonchev–Trinajstić information content (AvgIpc) is 3.16. The number of carbonyl (C=O) groups excluding carboxylic acids is 2. The van der Waals surface area contributed by atoms with Gasteiger partial charge < -0.3 is 15.4 Å². The summed E-state index contributed by atoms with van der Waals surface area (Å²) in [6.45, 7) is 1.38. The standard InChI is InChI=1S/C19H24Cl2N2O3/c20-14-7-8-16(21)17(10-14)23-19(25)13-5-3-12(4-6-13)18(24)22-11-15-2-1-9-26-15/h7-8,10,12-13,15H,1-6,9,11H2,(H,22,24)(H,23,25). The van der Waals surface area contributed by atoms with E-state index in [4.69, 9.17) is 27.9 Å². The fraction of sp³-hybridized carbons (Fsp3) is 0.579. The first-order chi connectivity index (χ1) is 12.5. The van der Waals surface area contributed by atoms with Crippen molar-refractivity contribution >= 4 is 40.7 Å². The van der Waals surface area contributed by atoms with Crippen LogP contribution in [0.4, 0.5) is 5.69 Å². The Balaban J connectivity index is 1.44. The van der Waals surface area contributed by atoms with Gasteiger partial charge in [0, 0.05) is 30.0 Å². The van der Waals surface area contributed by atoms with E-state index in [1.165, 1.54) is 0 Å². The summed E-state index contributed by atoms with van der Waals surface area (Å²) in [5.74, 6) is -0.105. The predicted molar refractivity (Wildman–Crippen MR) is 103 cm³/mol. The van der Waals surface area contributed by atoms with E-state index in [2.05, 4.69) is 10.6 Å². The van der Waals surface area contributed by atoms with Gasteiger partial charge in [0.2, 0.25) is 11.8 Å². The van der Waals surface area contributed by atoms with Crippen molar-refractivity contribution in [3.8, 4) is 0 Å². The summed E-state index contributed by atoms with van der Waals surface area (Å²) in [6.07, 6.45) is 5.07. The van der Waals surface area contributed by atoms with E-state index in [-0.39, 0.29) is 29.8 Å². The van der Waals surface area contributed by atoms with Gasteiger partial charge in [-0.1, -0.05) is 23.2 Å². The molecule has 2 amide bonds. The largest absolute Gasteiger partial charge is 0.376 e. The van der Waals surface area contributed by atoms with E-state index in [1.807, 2.05) is 0 Å².